The Kier molecular flexibility index (Phi) is 6.97. The average Bonchev–Trinajstić information content (AvgIpc) is 2.66. The molecule has 0 unspecified atom stereocenters. The molecular weight excluding hydrogens is 358 g/mol. The van der Waals surface area contributed by atoms with Crippen molar-refractivity contribution in [1.82, 2.24) is 4.98 Å². The number of aromatic nitrogens is 1. The van der Waals surface area contributed by atoms with Crippen molar-refractivity contribution in [1.29, 1.82) is 5.26 Å². The Hall–Kier alpha value is -2.85. The molecule has 140 valence electrons. The predicted molar refractivity (Wildman–Crippen MR) is 110 cm³/mol. The monoisotopic (exact) mass is 381 g/mol. The van der Waals surface area contributed by atoms with E-state index in [1.54, 1.807) is 18.2 Å². The van der Waals surface area contributed by atoms with Crippen LogP contribution in [-0.2, 0) is 11.2 Å². The molecule has 1 amide bonds. The number of nitrogens with zero attached hydrogens (tertiary/aromatic N) is 4. The summed E-state index contributed by atoms with van der Waals surface area (Å²) < 4.78 is 0. The number of hydrogen-bond acceptors (Lipinski definition) is 6. The van der Waals surface area contributed by atoms with Crippen molar-refractivity contribution < 1.29 is 4.79 Å². The van der Waals surface area contributed by atoms with Gasteiger partial charge in [0.05, 0.1) is 5.56 Å². The van der Waals surface area contributed by atoms with E-state index in [-0.39, 0.29) is 0 Å². The van der Waals surface area contributed by atoms with Gasteiger partial charge in [-0.3, -0.25) is 9.79 Å². The Morgan fingerprint density at radius 3 is 2.56 bits per heavy atom. The Labute approximate surface area is 164 Å². The molecule has 0 bridgehead atoms. The summed E-state index contributed by atoms with van der Waals surface area (Å²) >= 11 is 1.28. The van der Waals surface area contributed by atoms with Crippen molar-refractivity contribution in [2.75, 3.05) is 26.0 Å². The third-order valence-corrected chi connectivity index (χ3v) is 5.30. The maximum atomic E-state index is 12.1. The summed E-state index contributed by atoms with van der Waals surface area (Å²) in [5, 5.41) is 9.71. The van der Waals surface area contributed by atoms with Crippen LogP contribution in [0.1, 0.15) is 34.4 Å². The Bertz CT molecular complexity index is 887. The van der Waals surface area contributed by atoms with Gasteiger partial charge >= 0.3 is 0 Å². The fourth-order valence-electron chi connectivity index (χ4n) is 2.80. The summed E-state index contributed by atoms with van der Waals surface area (Å²) in [6.45, 7) is 1.99. The summed E-state index contributed by atoms with van der Waals surface area (Å²) in [6, 6.07) is 11.6. The van der Waals surface area contributed by atoms with Gasteiger partial charge in [0.25, 0.3) is 0 Å². The van der Waals surface area contributed by atoms with Gasteiger partial charge in [0, 0.05) is 32.9 Å². The maximum absolute atomic E-state index is 12.1. The van der Waals surface area contributed by atoms with Gasteiger partial charge in [0.15, 0.2) is 0 Å². The molecule has 0 aliphatic rings. The normalized spacial score (nSPS) is 12.0. The number of thioether (sulfide) groups is 1. The number of hydrogen-bond donors (Lipinski definition) is 1. The highest BCUT2D eigenvalue weighted by Crippen LogP contribution is 2.38. The number of anilines is 1. The van der Waals surface area contributed by atoms with Crippen molar-refractivity contribution in [2.45, 2.75) is 23.6 Å². The third kappa shape index (κ3) is 4.47. The van der Waals surface area contributed by atoms with Gasteiger partial charge in [-0.2, -0.15) is 5.26 Å². The molecule has 2 N–H and O–H groups in total. The van der Waals surface area contributed by atoms with Crippen LogP contribution >= 0.6 is 11.8 Å². The van der Waals surface area contributed by atoms with E-state index in [9.17, 15) is 10.1 Å². The van der Waals surface area contributed by atoms with E-state index < -0.39 is 11.2 Å². The second-order valence-corrected chi connectivity index (χ2v) is 7.16. The SMILES string of the molecule is CCc1c(C#N)c(N(C)C)nc(S[C@@H](C(N)=O)c2ccccc2)c1C=NC. The van der Waals surface area contributed by atoms with E-state index in [4.69, 9.17) is 5.73 Å². The van der Waals surface area contributed by atoms with Crippen LogP contribution in [-0.4, -0.2) is 38.2 Å². The molecule has 0 saturated carbocycles. The zero-order valence-corrected chi connectivity index (χ0v) is 16.7. The summed E-state index contributed by atoms with van der Waals surface area (Å²) in [4.78, 5) is 22.8. The molecule has 1 aromatic heterocycles. The quantitative estimate of drug-likeness (QED) is 0.588. The minimum atomic E-state index is -0.588. The fraction of sp³-hybridized carbons (Fsp3) is 0.300. The first-order valence-corrected chi connectivity index (χ1v) is 9.39. The van der Waals surface area contributed by atoms with Crippen molar-refractivity contribution in [3.05, 3.63) is 52.6 Å². The highest BCUT2D eigenvalue weighted by atomic mass is 32.2. The van der Waals surface area contributed by atoms with Crippen LogP contribution in [0.4, 0.5) is 5.82 Å². The topological polar surface area (TPSA) is 95.4 Å². The molecule has 0 spiro atoms. The molecule has 1 heterocycles. The predicted octanol–water partition coefficient (Wildman–Crippen LogP) is 2.95. The largest absolute Gasteiger partial charge is 0.368 e. The Morgan fingerprint density at radius 1 is 1.41 bits per heavy atom. The first-order chi connectivity index (χ1) is 12.9. The number of nitrogens with two attached hydrogens (primary N) is 1. The van der Waals surface area contributed by atoms with E-state index in [0.29, 0.717) is 22.8 Å². The minimum absolute atomic E-state index is 0.443. The van der Waals surface area contributed by atoms with Gasteiger partial charge in [-0.05, 0) is 17.5 Å². The number of pyridine rings is 1. The number of amides is 1. The highest BCUT2D eigenvalue weighted by Gasteiger charge is 2.25. The molecule has 0 aliphatic carbocycles. The summed E-state index contributed by atoms with van der Waals surface area (Å²) in [6.07, 6.45) is 2.34. The lowest BCUT2D eigenvalue weighted by Gasteiger charge is -2.21. The standard InChI is InChI=1S/C20H23N5OS/c1-5-14-15(11-21)19(25(3)4)24-20(16(14)12-23-2)27-17(18(22)26)13-9-7-6-8-10-13/h6-10,12,17H,5H2,1-4H3,(H2,22,26)/t17-/m1/s1. The summed E-state index contributed by atoms with van der Waals surface area (Å²) in [7, 11) is 5.35. The summed E-state index contributed by atoms with van der Waals surface area (Å²) in [5.74, 6) is 0.127. The molecule has 6 nitrogen and oxygen atoms in total. The van der Waals surface area contributed by atoms with Crippen molar-refractivity contribution in [3.8, 4) is 6.07 Å². The second-order valence-electron chi connectivity index (χ2n) is 6.07. The first-order valence-electron chi connectivity index (χ1n) is 8.51. The van der Waals surface area contributed by atoms with E-state index in [1.807, 2.05) is 51.4 Å². The van der Waals surface area contributed by atoms with Gasteiger partial charge in [-0.15, -0.1) is 0 Å². The van der Waals surface area contributed by atoms with Gasteiger partial charge in [-0.25, -0.2) is 4.98 Å². The number of carbonyl (C=O) groups excluding carboxylic acids is 1. The average molecular weight is 382 g/mol. The number of nitriles is 1. The first kappa shape index (κ1) is 20.5. The molecular formula is C20H23N5OS. The molecule has 2 rings (SSSR count). The van der Waals surface area contributed by atoms with Crippen LogP contribution in [0.2, 0.25) is 0 Å². The van der Waals surface area contributed by atoms with Crippen LogP contribution < -0.4 is 10.6 Å². The number of rotatable bonds is 7. The Balaban J connectivity index is 2.68. The minimum Gasteiger partial charge on any atom is -0.368 e. The molecule has 1 atom stereocenters. The van der Waals surface area contributed by atoms with E-state index >= 15 is 0 Å². The van der Waals surface area contributed by atoms with Crippen LogP contribution in [0.5, 0.6) is 0 Å². The molecule has 0 radical (unpaired) electrons. The van der Waals surface area contributed by atoms with Crippen molar-refractivity contribution in [2.24, 2.45) is 10.7 Å². The van der Waals surface area contributed by atoms with Crippen LogP contribution in [0, 0.1) is 11.3 Å². The van der Waals surface area contributed by atoms with Crippen molar-refractivity contribution in [3.63, 3.8) is 0 Å². The lowest BCUT2D eigenvalue weighted by Crippen LogP contribution is -2.20. The van der Waals surface area contributed by atoms with Gasteiger partial charge < -0.3 is 10.6 Å². The lowest BCUT2D eigenvalue weighted by atomic mass is 10.0. The molecule has 27 heavy (non-hydrogen) atoms. The van der Waals surface area contributed by atoms with Crippen molar-refractivity contribution >= 4 is 29.7 Å². The van der Waals surface area contributed by atoms with Crippen LogP contribution in [0.15, 0.2) is 40.4 Å². The second kappa shape index (κ2) is 9.19. The van der Waals surface area contributed by atoms with Crippen LogP contribution in [0.3, 0.4) is 0 Å². The number of carbonyl (C=O) groups is 1. The van der Waals surface area contributed by atoms with E-state index in [2.05, 4.69) is 16.0 Å². The number of benzene rings is 1. The number of primary amides is 1. The maximum Gasteiger partial charge on any atom is 0.235 e. The molecule has 0 fully saturated rings. The van der Waals surface area contributed by atoms with E-state index in [1.165, 1.54) is 11.8 Å². The third-order valence-electron chi connectivity index (χ3n) is 4.03. The lowest BCUT2D eigenvalue weighted by molar-refractivity contribution is -0.117. The van der Waals surface area contributed by atoms with E-state index in [0.717, 1.165) is 16.7 Å². The molecule has 0 aliphatic heterocycles. The molecule has 1 aromatic carbocycles. The molecule has 0 saturated heterocycles. The zero-order chi connectivity index (χ0) is 20.0. The molecule has 2 aromatic rings. The smallest absolute Gasteiger partial charge is 0.235 e. The zero-order valence-electron chi connectivity index (χ0n) is 15.9. The summed E-state index contributed by atoms with van der Waals surface area (Å²) in [5.41, 5.74) is 8.64. The van der Waals surface area contributed by atoms with Gasteiger partial charge in [0.1, 0.15) is 22.2 Å². The molecule has 7 heteroatoms. The Morgan fingerprint density at radius 2 is 2.07 bits per heavy atom. The highest BCUT2D eigenvalue weighted by molar-refractivity contribution is 8.00. The number of aliphatic imine (C=N–C) groups is 1. The van der Waals surface area contributed by atoms with Gasteiger partial charge in [-0.1, -0.05) is 49.0 Å². The van der Waals surface area contributed by atoms with Gasteiger partial charge in [0.2, 0.25) is 5.91 Å². The fourth-order valence-corrected chi connectivity index (χ4v) is 3.88. The van der Waals surface area contributed by atoms with Crippen LogP contribution in [0.25, 0.3) is 0 Å².